The molecule has 0 aliphatic carbocycles. The lowest BCUT2D eigenvalue weighted by Gasteiger charge is -2.32. The van der Waals surface area contributed by atoms with E-state index in [-0.39, 0.29) is 30.2 Å². The second-order valence-electron chi connectivity index (χ2n) is 8.68. The highest BCUT2D eigenvalue weighted by atomic mass is 16.5. The molecule has 7 heteroatoms. The molecular weight excluding hydrogens is 418 g/mol. The number of nitrogens with one attached hydrogen (secondary N) is 2. The molecule has 0 saturated carbocycles. The van der Waals surface area contributed by atoms with Crippen molar-refractivity contribution in [1.29, 1.82) is 0 Å². The SMILES string of the molecule is CC(=O)CCc1ccc(OCC(=O)N2CCC[C@H](CNC(=O)Nc3ccc(C)cc3)C2)cc1. The first kappa shape index (κ1) is 24.3. The number of ketones is 1. The van der Waals surface area contributed by atoms with E-state index < -0.39 is 0 Å². The van der Waals surface area contributed by atoms with Gasteiger partial charge < -0.3 is 25.1 Å². The van der Waals surface area contributed by atoms with Crippen molar-refractivity contribution in [3.8, 4) is 5.75 Å². The van der Waals surface area contributed by atoms with Crippen molar-refractivity contribution in [2.75, 3.05) is 31.6 Å². The molecule has 3 amide bonds. The number of nitrogens with zero attached hydrogens (tertiary/aromatic N) is 1. The number of amides is 3. The van der Waals surface area contributed by atoms with E-state index in [1.54, 1.807) is 6.92 Å². The van der Waals surface area contributed by atoms with Crippen LogP contribution in [0.4, 0.5) is 10.5 Å². The quantitative estimate of drug-likeness (QED) is 0.604. The molecule has 0 aromatic heterocycles. The minimum Gasteiger partial charge on any atom is -0.484 e. The number of aryl methyl sites for hydroxylation is 2. The van der Waals surface area contributed by atoms with Crippen molar-refractivity contribution < 1.29 is 19.1 Å². The maximum Gasteiger partial charge on any atom is 0.319 e. The lowest BCUT2D eigenvalue weighted by molar-refractivity contribution is -0.135. The van der Waals surface area contributed by atoms with Crippen LogP contribution in [0.1, 0.15) is 37.3 Å². The van der Waals surface area contributed by atoms with E-state index in [4.69, 9.17) is 4.74 Å². The molecule has 0 unspecified atom stereocenters. The third-order valence-corrected chi connectivity index (χ3v) is 5.78. The second kappa shape index (κ2) is 12.0. The predicted octanol–water partition coefficient (Wildman–Crippen LogP) is 3.96. The third kappa shape index (κ3) is 8.25. The number of ether oxygens (including phenoxy) is 1. The Kier molecular flexibility index (Phi) is 8.87. The van der Waals surface area contributed by atoms with Gasteiger partial charge in [-0.2, -0.15) is 0 Å². The van der Waals surface area contributed by atoms with Gasteiger partial charge in [-0.25, -0.2) is 4.79 Å². The number of carbonyl (C=O) groups excluding carboxylic acids is 3. The van der Waals surface area contributed by atoms with E-state index in [0.717, 1.165) is 29.7 Å². The van der Waals surface area contributed by atoms with Crippen LogP contribution in [0.25, 0.3) is 0 Å². The minimum atomic E-state index is -0.239. The summed E-state index contributed by atoms with van der Waals surface area (Å²) in [5.74, 6) is 0.970. The fourth-order valence-electron chi connectivity index (χ4n) is 3.82. The highest BCUT2D eigenvalue weighted by molar-refractivity contribution is 5.89. The largest absolute Gasteiger partial charge is 0.484 e. The molecule has 2 aromatic carbocycles. The van der Waals surface area contributed by atoms with Gasteiger partial charge >= 0.3 is 6.03 Å². The van der Waals surface area contributed by atoms with Crippen molar-refractivity contribution in [2.24, 2.45) is 5.92 Å². The maximum absolute atomic E-state index is 12.6. The average molecular weight is 452 g/mol. The van der Waals surface area contributed by atoms with E-state index in [2.05, 4.69) is 10.6 Å². The highest BCUT2D eigenvalue weighted by Gasteiger charge is 2.24. The standard InChI is InChI=1S/C26H33N3O4/c1-19-5-11-23(12-6-19)28-26(32)27-16-22-4-3-15-29(17-22)25(31)18-33-24-13-9-21(10-14-24)8-7-20(2)30/h5-6,9-14,22H,3-4,7-8,15-18H2,1-2H3,(H2,27,28,32)/t22-/m1/s1. The third-order valence-electron chi connectivity index (χ3n) is 5.78. The molecule has 176 valence electrons. The van der Waals surface area contributed by atoms with Gasteiger partial charge in [0, 0.05) is 31.7 Å². The lowest BCUT2D eigenvalue weighted by Crippen LogP contribution is -2.45. The first-order chi connectivity index (χ1) is 15.9. The van der Waals surface area contributed by atoms with Crippen molar-refractivity contribution in [1.82, 2.24) is 10.2 Å². The fourth-order valence-corrected chi connectivity index (χ4v) is 3.82. The molecular formula is C26H33N3O4. The van der Waals surface area contributed by atoms with Crippen LogP contribution < -0.4 is 15.4 Å². The zero-order valence-electron chi connectivity index (χ0n) is 19.4. The number of Topliss-reactive ketones (excluding diaryl/α,β-unsaturated/α-hetero) is 1. The highest BCUT2D eigenvalue weighted by Crippen LogP contribution is 2.18. The summed E-state index contributed by atoms with van der Waals surface area (Å²) in [7, 11) is 0. The van der Waals surface area contributed by atoms with Crippen molar-refractivity contribution in [3.05, 3.63) is 59.7 Å². The summed E-state index contributed by atoms with van der Waals surface area (Å²) in [6.45, 7) is 5.41. The molecule has 1 fully saturated rings. The number of hydrogen-bond acceptors (Lipinski definition) is 4. The van der Waals surface area contributed by atoms with Gasteiger partial charge in [-0.1, -0.05) is 29.8 Å². The van der Waals surface area contributed by atoms with Crippen molar-refractivity contribution in [3.63, 3.8) is 0 Å². The van der Waals surface area contributed by atoms with Gasteiger partial charge in [-0.05, 0) is 68.9 Å². The molecule has 0 spiro atoms. The number of rotatable bonds is 9. The Balaban J connectivity index is 1.39. The number of benzene rings is 2. The van der Waals surface area contributed by atoms with Crippen molar-refractivity contribution in [2.45, 2.75) is 39.5 Å². The molecule has 0 bridgehead atoms. The number of piperidine rings is 1. The van der Waals surface area contributed by atoms with Gasteiger partial charge in [-0.15, -0.1) is 0 Å². The first-order valence-electron chi connectivity index (χ1n) is 11.5. The number of likely N-dealkylation sites (tertiary alicyclic amines) is 1. The topological polar surface area (TPSA) is 87.7 Å². The number of urea groups is 1. The zero-order chi connectivity index (χ0) is 23.6. The summed E-state index contributed by atoms with van der Waals surface area (Å²) >= 11 is 0. The molecule has 3 rings (SSSR count). The Bertz CT molecular complexity index is 941. The van der Waals surface area contributed by atoms with E-state index in [1.807, 2.05) is 60.4 Å². The van der Waals surface area contributed by atoms with Crippen LogP contribution >= 0.6 is 0 Å². The smallest absolute Gasteiger partial charge is 0.319 e. The van der Waals surface area contributed by atoms with Gasteiger partial charge in [0.15, 0.2) is 6.61 Å². The average Bonchev–Trinajstić information content (AvgIpc) is 2.82. The first-order valence-corrected chi connectivity index (χ1v) is 11.5. The monoisotopic (exact) mass is 451 g/mol. The summed E-state index contributed by atoms with van der Waals surface area (Å²) in [4.78, 5) is 37.7. The number of carbonyl (C=O) groups is 3. The Morgan fingerprint density at radius 3 is 2.48 bits per heavy atom. The van der Waals surface area contributed by atoms with Crippen LogP contribution in [0.15, 0.2) is 48.5 Å². The number of hydrogen-bond donors (Lipinski definition) is 2. The van der Waals surface area contributed by atoms with Crippen LogP contribution in [-0.4, -0.2) is 48.9 Å². The van der Waals surface area contributed by atoms with Crippen LogP contribution in [0.5, 0.6) is 5.75 Å². The van der Waals surface area contributed by atoms with Gasteiger partial charge in [0.25, 0.3) is 5.91 Å². The van der Waals surface area contributed by atoms with E-state index in [0.29, 0.717) is 38.2 Å². The Hall–Kier alpha value is -3.35. The van der Waals surface area contributed by atoms with Gasteiger partial charge in [-0.3, -0.25) is 4.79 Å². The summed E-state index contributed by atoms with van der Waals surface area (Å²) in [6.07, 6.45) is 3.11. The molecule has 1 heterocycles. The maximum atomic E-state index is 12.6. The number of anilines is 1. The predicted molar refractivity (Wildman–Crippen MR) is 128 cm³/mol. The Morgan fingerprint density at radius 2 is 1.79 bits per heavy atom. The van der Waals surface area contributed by atoms with Gasteiger partial charge in [0.1, 0.15) is 11.5 Å². The van der Waals surface area contributed by atoms with E-state index in [1.165, 1.54) is 0 Å². The van der Waals surface area contributed by atoms with Crippen LogP contribution in [0.3, 0.4) is 0 Å². The summed E-state index contributed by atoms with van der Waals surface area (Å²) in [5, 5.41) is 5.75. The van der Waals surface area contributed by atoms with Crippen molar-refractivity contribution >= 4 is 23.4 Å². The second-order valence-corrected chi connectivity index (χ2v) is 8.68. The minimum absolute atomic E-state index is 0.0130. The summed E-state index contributed by atoms with van der Waals surface area (Å²) < 4.78 is 5.67. The molecule has 1 saturated heterocycles. The molecule has 7 nitrogen and oxygen atoms in total. The summed E-state index contributed by atoms with van der Waals surface area (Å²) in [5.41, 5.74) is 2.96. The molecule has 1 atom stereocenters. The molecule has 2 N–H and O–H groups in total. The molecule has 2 aromatic rings. The Labute approximate surface area is 195 Å². The van der Waals surface area contributed by atoms with Crippen LogP contribution in [0.2, 0.25) is 0 Å². The molecule has 0 radical (unpaired) electrons. The molecule has 1 aliphatic rings. The van der Waals surface area contributed by atoms with E-state index in [9.17, 15) is 14.4 Å². The van der Waals surface area contributed by atoms with Crippen LogP contribution in [-0.2, 0) is 16.0 Å². The Morgan fingerprint density at radius 1 is 1.06 bits per heavy atom. The van der Waals surface area contributed by atoms with Gasteiger partial charge in [0.05, 0.1) is 0 Å². The van der Waals surface area contributed by atoms with Crippen LogP contribution in [0, 0.1) is 12.8 Å². The molecule has 1 aliphatic heterocycles. The normalized spacial score (nSPS) is 15.6. The van der Waals surface area contributed by atoms with Gasteiger partial charge in [0.2, 0.25) is 0 Å². The fraction of sp³-hybridized carbons (Fsp3) is 0.423. The van der Waals surface area contributed by atoms with E-state index >= 15 is 0 Å². The molecule has 33 heavy (non-hydrogen) atoms. The lowest BCUT2D eigenvalue weighted by atomic mass is 9.98. The zero-order valence-corrected chi connectivity index (χ0v) is 19.4. The summed E-state index contributed by atoms with van der Waals surface area (Å²) in [6, 6.07) is 14.9.